The average Bonchev–Trinajstić information content (AvgIpc) is 3.02. The number of guanidine groups is 1. The van der Waals surface area contributed by atoms with Gasteiger partial charge >= 0.3 is 0 Å². The van der Waals surface area contributed by atoms with Crippen molar-refractivity contribution >= 4 is 17.6 Å². The molecule has 0 bridgehead atoms. The van der Waals surface area contributed by atoms with Crippen molar-refractivity contribution in [2.75, 3.05) is 6.54 Å². The highest BCUT2D eigenvalue weighted by molar-refractivity contribution is 6.30. The van der Waals surface area contributed by atoms with Crippen LogP contribution in [0, 0.1) is 0 Å². The fraction of sp³-hybridized carbons (Fsp3) is 0.417. The van der Waals surface area contributed by atoms with Gasteiger partial charge in [-0.15, -0.1) is 0 Å². The van der Waals surface area contributed by atoms with Crippen molar-refractivity contribution in [1.82, 2.24) is 4.90 Å². The summed E-state index contributed by atoms with van der Waals surface area (Å²) in [4.78, 5) is 6.59. The van der Waals surface area contributed by atoms with Crippen molar-refractivity contribution in [3.8, 4) is 0 Å². The molecule has 1 heterocycles. The fourth-order valence-electron chi connectivity index (χ4n) is 2.28. The lowest BCUT2D eigenvalue weighted by Gasteiger charge is -2.26. The lowest BCUT2D eigenvalue weighted by Crippen LogP contribution is -2.37. The van der Waals surface area contributed by atoms with Crippen molar-refractivity contribution in [3.63, 3.8) is 0 Å². The van der Waals surface area contributed by atoms with Crippen LogP contribution in [0.5, 0.6) is 0 Å². The summed E-state index contributed by atoms with van der Waals surface area (Å²) in [6.07, 6.45) is 2.46. The van der Waals surface area contributed by atoms with E-state index in [-0.39, 0.29) is 6.04 Å². The SMILES string of the molecule is NC1=NCC(c2cccc(Cl)c2)N1C1CC1. The summed E-state index contributed by atoms with van der Waals surface area (Å²) in [5.41, 5.74) is 7.14. The summed E-state index contributed by atoms with van der Waals surface area (Å²) >= 11 is 6.02. The van der Waals surface area contributed by atoms with Gasteiger partial charge in [0.05, 0.1) is 12.6 Å². The maximum atomic E-state index is 6.02. The van der Waals surface area contributed by atoms with Crippen LogP contribution in [0.1, 0.15) is 24.4 Å². The molecule has 1 fully saturated rings. The van der Waals surface area contributed by atoms with Gasteiger partial charge in [0.1, 0.15) is 0 Å². The second-order valence-electron chi connectivity index (χ2n) is 4.41. The molecule has 2 aliphatic rings. The highest BCUT2D eigenvalue weighted by atomic mass is 35.5. The van der Waals surface area contributed by atoms with Gasteiger partial charge in [0.25, 0.3) is 0 Å². The van der Waals surface area contributed by atoms with Crippen LogP contribution in [0.4, 0.5) is 0 Å². The average molecular weight is 236 g/mol. The van der Waals surface area contributed by atoms with E-state index in [0.29, 0.717) is 12.0 Å². The Morgan fingerprint density at radius 2 is 2.19 bits per heavy atom. The monoisotopic (exact) mass is 235 g/mol. The van der Waals surface area contributed by atoms with Crippen LogP contribution in [0.25, 0.3) is 0 Å². The van der Waals surface area contributed by atoms with Crippen LogP contribution in [0.2, 0.25) is 5.02 Å². The largest absolute Gasteiger partial charge is 0.370 e. The van der Waals surface area contributed by atoms with Gasteiger partial charge in [-0.1, -0.05) is 23.7 Å². The van der Waals surface area contributed by atoms with Crippen molar-refractivity contribution in [2.45, 2.75) is 24.9 Å². The summed E-state index contributed by atoms with van der Waals surface area (Å²) in [6, 6.07) is 8.86. The Bertz CT molecular complexity index is 440. The molecule has 3 rings (SSSR count). The number of hydrogen-bond donors (Lipinski definition) is 1. The molecule has 84 valence electrons. The minimum atomic E-state index is 0.284. The van der Waals surface area contributed by atoms with E-state index in [0.717, 1.165) is 11.6 Å². The molecule has 1 aliphatic heterocycles. The molecule has 1 aromatic rings. The third kappa shape index (κ3) is 1.65. The second kappa shape index (κ2) is 3.67. The molecular weight excluding hydrogens is 222 g/mol. The molecule has 0 radical (unpaired) electrons. The molecule has 16 heavy (non-hydrogen) atoms. The van der Waals surface area contributed by atoms with Gasteiger partial charge in [-0.3, -0.25) is 4.99 Å². The first-order chi connectivity index (χ1) is 7.75. The Morgan fingerprint density at radius 1 is 1.38 bits per heavy atom. The zero-order valence-corrected chi connectivity index (χ0v) is 9.69. The third-order valence-electron chi connectivity index (χ3n) is 3.20. The molecule has 0 aromatic heterocycles. The van der Waals surface area contributed by atoms with Gasteiger partial charge in [0.15, 0.2) is 5.96 Å². The first-order valence-corrected chi connectivity index (χ1v) is 5.97. The van der Waals surface area contributed by atoms with Gasteiger partial charge < -0.3 is 10.6 Å². The maximum absolute atomic E-state index is 6.02. The Labute approximate surface area is 99.9 Å². The minimum absolute atomic E-state index is 0.284. The predicted molar refractivity (Wildman–Crippen MR) is 65.5 cm³/mol. The van der Waals surface area contributed by atoms with E-state index in [9.17, 15) is 0 Å². The van der Waals surface area contributed by atoms with Crippen LogP contribution in [-0.2, 0) is 0 Å². The summed E-state index contributed by atoms with van der Waals surface area (Å²) in [7, 11) is 0. The summed E-state index contributed by atoms with van der Waals surface area (Å²) in [6.45, 7) is 0.753. The molecule has 0 amide bonds. The number of benzene rings is 1. The molecule has 1 saturated carbocycles. The van der Waals surface area contributed by atoms with Gasteiger partial charge in [-0.25, -0.2) is 0 Å². The molecule has 3 nitrogen and oxygen atoms in total. The lowest BCUT2D eigenvalue weighted by molar-refractivity contribution is 0.338. The number of halogens is 1. The zero-order valence-electron chi connectivity index (χ0n) is 8.94. The van der Waals surface area contributed by atoms with Gasteiger partial charge in [-0.2, -0.15) is 0 Å². The lowest BCUT2D eigenvalue weighted by atomic mass is 10.1. The van der Waals surface area contributed by atoms with Crippen molar-refractivity contribution < 1.29 is 0 Å². The Morgan fingerprint density at radius 3 is 2.88 bits per heavy atom. The van der Waals surface area contributed by atoms with Crippen LogP contribution in [0.3, 0.4) is 0 Å². The van der Waals surface area contributed by atoms with Crippen LogP contribution < -0.4 is 5.73 Å². The van der Waals surface area contributed by atoms with Crippen molar-refractivity contribution in [2.24, 2.45) is 10.7 Å². The zero-order chi connectivity index (χ0) is 11.1. The molecule has 1 aromatic carbocycles. The number of rotatable bonds is 2. The first-order valence-electron chi connectivity index (χ1n) is 5.59. The van der Waals surface area contributed by atoms with Crippen LogP contribution in [0.15, 0.2) is 29.3 Å². The highest BCUT2D eigenvalue weighted by Crippen LogP contribution is 2.37. The van der Waals surface area contributed by atoms with Crippen molar-refractivity contribution in [3.05, 3.63) is 34.9 Å². The van der Waals surface area contributed by atoms with E-state index in [4.69, 9.17) is 17.3 Å². The quantitative estimate of drug-likeness (QED) is 0.854. The van der Waals surface area contributed by atoms with E-state index in [1.807, 2.05) is 18.2 Å². The fourth-order valence-corrected chi connectivity index (χ4v) is 2.48. The van der Waals surface area contributed by atoms with E-state index in [2.05, 4.69) is 16.0 Å². The maximum Gasteiger partial charge on any atom is 0.192 e. The molecule has 0 saturated heterocycles. The molecule has 2 N–H and O–H groups in total. The molecule has 1 atom stereocenters. The third-order valence-corrected chi connectivity index (χ3v) is 3.44. The predicted octanol–water partition coefficient (Wildman–Crippen LogP) is 2.17. The highest BCUT2D eigenvalue weighted by Gasteiger charge is 2.38. The van der Waals surface area contributed by atoms with Gasteiger partial charge in [0.2, 0.25) is 0 Å². The summed E-state index contributed by atoms with van der Waals surface area (Å²) in [5.74, 6) is 0.687. The standard InChI is InChI=1S/C12H14ClN3/c13-9-3-1-2-8(6-9)11-7-15-12(14)16(11)10-4-5-10/h1-3,6,10-11H,4-5,7H2,(H2,14,15). The Hall–Kier alpha value is -1.22. The topological polar surface area (TPSA) is 41.6 Å². The van der Waals surface area contributed by atoms with E-state index < -0.39 is 0 Å². The molecule has 1 unspecified atom stereocenters. The molecule has 0 spiro atoms. The van der Waals surface area contributed by atoms with Crippen LogP contribution in [-0.4, -0.2) is 23.4 Å². The Kier molecular flexibility index (Phi) is 2.28. The molecular formula is C12H14ClN3. The van der Waals surface area contributed by atoms with E-state index in [1.54, 1.807) is 0 Å². The van der Waals surface area contributed by atoms with E-state index in [1.165, 1.54) is 18.4 Å². The number of nitrogens with two attached hydrogens (primary N) is 1. The number of nitrogens with zero attached hydrogens (tertiary/aromatic N) is 2. The molecule has 4 heteroatoms. The van der Waals surface area contributed by atoms with Gasteiger partial charge in [-0.05, 0) is 30.5 Å². The minimum Gasteiger partial charge on any atom is -0.370 e. The van der Waals surface area contributed by atoms with Crippen molar-refractivity contribution in [1.29, 1.82) is 0 Å². The summed E-state index contributed by atoms with van der Waals surface area (Å²) in [5, 5.41) is 0.777. The Balaban J connectivity index is 1.90. The summed E-state index contributed by atoms with van der Waals surface area (Å²) < 4.78 is 0. The first kappa shape index (κ1) is 9.97. The van der Waals surface area contributed by atoms with Gasteiger partial charge in [0, 0.05) is 11.1 Å². The van der Waals surface area contributed by atoms with E-state index >= 15 is 0 Å². The number of aliphatic imine (C=N–C) groups is 1. The smallest absolute Gasteiger partial charge is 0.192 e. The molecule has 1 aliphatic carbocycles. The van der Waals surface area contributed by atoms with Crippen LogP contribution >= 0.6 is 11.6 Å². The normalized spacial score (nSPS) is 24.7. The number of hydrogen-bond acceptors (Lipinski definition) is 3. The second-order valence-corrected chi connectivity index (χ2v) is 4.84.